The number of nitrogens with zero attached hydrogens (tertiary/aromatic N) is 1. The summed E-state index contributed by atoms with van der Waals surface area (Å²) in [6.45, 7) is 2.26. The van der Waals surface area contributed by atoms with Crippen molar-refractivity contribution in [3.05, 3.63) is 35.9 Å². The van der Waals surface area contributed by atoms with E-state index < -0.39 is 0 Å². The quantitative estimate of drug-likeness (QED) is 0.673. The fourth-order valence-corrected chi connectivity index (χ4v) is 1.18. The predicted octanol–water partition coefficient (Wildman–Crippen LogP) is -0.380. The Hall–Kier alpha value is -0.570. The van der Waals surface area contributed by atoms with Gasteiger partial charge in [-0.15, -0.1) is 0 Å². The molecule has 0 aromatic heterocycles. The number of benzene rings is 1. The van der Waals surface area contributed by atoms with Crippen molar-refractivity contribution in [2.45, 2.75) is 13.0 Å². The second kappa shape index (κ2) is 6.02. The number of hydrogen-bond acceptors (Lipinski definition) is 1. The molecule has 1 atom stereocenters. The van der Waals surface area contributed by atoms with Crippen molar-refractivity contribution in [2.24, 2.45) is 0 Å². The lowest BCUT2D eigenvalue weighted by Crippen LogP contribution is -3.00. The molecule has 0 spiro atoms. The number of quaternary nitrogens is 1. The minimum absolute atomic E-state index is 0. The largest absolute Gasteiger partial charge is 1.00 e. The van der Waals surface area contributed by atoms with E-state index in [-0.39, 0.29) is 18.6 Å². The van der Waals surface area contributed by atoms with Crippen LogP contribution in [0.5, 0.6) is 0 Å². The van der Waals surface area contributed by atoms with Gasteiger partial charge in [-0.2, -0.15) is 0 Å². The SMILES string of the molecule is CC(c1ccccc1)[N+](C)(C)C.N.[Cl-]. The highest BCUT2D eigenvalue weighted by Gasteiger charge is 2.19. The van der Waals surface area contributed by atoms with Crippen molar-refractivity contribution in [3.63, 3.8) is 0 Å². The van der Waals surface area contributed by atoms with E-state index in [0.717, 1.165) is 4.48 Å². The molecule has 0 fully saturated rings. The van der Waals surface area contributed by atoms with Crippen LogP contribution in [0.2, 0.25) is 0 Å². The second-order valence-electron chi connectivity index (χ2n) is 4.20. The summed E-state index contributed by atoms with van der Waals surface area (Å²) in [5.41, 5.74) is 1.41. The van der Waals surface area contributed by atoms with Crippen LogP contribution >= 0.6 is 0 Å². The Morgan fingerprint density at radius 1 is 1.00 bits per heavy atom. The molecule has 1 unspecified atom stereocenters. The van der Waals surface area contributed by atoms with E-state index in [1.165, 1.54) is 5.56 Å². The Balaban J connectivity index is 0. The Bertz CT molecular complexity index is 241. The lowest BCUT2D eigenvalue weighted by Gasteiger charge is -2.31. The maximum atomic E-state index is 2.26. The molecule has 3 heteroatoms. The third-order valence-corrected chi connectivity index (χ3v) is 2.44. The van der Waals surface area contributed by atoms with Gasteiger partial charge in [-0.1, -0.05) is 30.3 Å². The monoisotopic (exact) mass is 216 g/mol. The Morgan fingerprint density at radius 3 is 1.79 bits per heavy atom. The summed E-state index contributed by atoms with van der Waals surface area (Å²) in [6.07, 6.45) is 0. The van der Waals surface area contributed by atoms with Crippen molar-refractivity contribution in [3.8, 4) is 0 Å². The zero-order valence-corrected chi connectivity index (χ0v) is 10.3. The minimum Gasteiger partial charge on any atom is -1.00 e. The van der Waals surface area contributed by atoms with Gasteiger partial charge in [-0.25, -0.2) is 0 Å². The van der Waals surface area contributed by atoms with Crippen molar-refractivity contribution in [2.75, 3.05) is 21.1 Å². The van der Waals surface area contributed by atoms with Crippen LogP contribution in [-0.4, -0.2) is 25.6 Å². The van der Waals surface area contributed by atoms with E-state index in [1.807, 2.05) is 0 Å². The van der Waals surface area contributed by atoms with Gasteiger partial charge in [0.15, 0.2) is 0 Å². The number of rotatable bonds is 2. The molecule has 0 aliphatic carbocycles. The van der Waals surface area contributed by atoms with Crippen molar-refractivity contribution >= 4 is 0 Å². The van der Waals surface area contributed by atoms with Gasteiger partial charge in [-0.05, 0) is 6.92 Å². The molecule has 0 aliphatic rings. The summed E-state index contributed by atoms with van der Waals surface area (Å²) in [5.74, 6) is 0. The Labute approximate surface area is 93.5 Å². The van der Waals surface area contributed by atoms with Gasteiger partial charge < -0.3 is 23.0 Å². The molecular weight excluding hydrogens is 196 g/mol. The van der Waals surface area contributed by atoms with Crippen LogP contribution in [0.15, 0.2) is 30.3 Å². The fourth-order valence-electron chi connectivity index (χ4n) is 1.18. The second-order valence-corrected chi connectivity index (χ2v) is 4.20. The van der Waals surface area contributed by atoms with Crippen LogP contribution in [0.25, 0.3) is 0 Å². The van der Waals surface area contributed by atoms with Crippen LogP contribution in [0.3, 0.4) is 0 Å². The molecule has 14 heavy (non-hydrogen) atoms. The molecular formula is C11H21ClN2. The third-order valence-electron chi connectivity index (χ3n) is 2.44. The lowest BCUT2D eigenvalue weighted by molar-refractivity contribution is -0.900. The molecule has 1 aromatic rings. The van der Waals surface area contributed by atoms with Crippen LogP contribution in [-0.2, 0) is 0 Å². The molecule has 0 aliphatic heterocycles. The van der Waals surface area contributed by atoms with E-state index in [0.29, 0.717) is 6.04 Å². The highest BCUT2D eigenvalue weighted by molar-refractivity contribution is 5.16. The van der Waals surface area contributed by atoms with Gasteiger partial charge in [0.1, 0.15) is 6.04 Å². The predicted molar refractivity (Wildman–Crippen MR) is 57.9 cm³/mol. The van der Waals surface area contributed by atoms with Crippen LogP contribution in [0.4, 0.5) is 0 Å². The minimum atomic E-state index is 0. The molecule has 0 radical (unpaired) electrons. The molecule has 0 saturated heterocycles. The molecule has 0 saturated carbocycles. The normalized spacial score (nSPS) is 12.3. The summed E-state index contributed by atoms with van der Waals surface area (Å²) < 4.78 is 0.976. The first-order valence-electron chi connectivity index (χ1n) is 4.38. The number of halogens is 1. The summed E-state index contributed by atoms with van der Waals surface area (Å²) in [4.78, 5) is 0. The maximum Gasteiger partial charge on any atom is 0.111 e. The Morgan fingerprint density at radius 2 is 1.43 bits per heavy atom. The first kappa shape index (κ1) is 15.9. The lowest BCUT2D eigenvalue weighted by atomic mass is 10.1. The summed E-state index contributed by atoms with van der Waals surface area (Å²) in [7, 11) is 6.66. The molecule has 0 bridgehead atoms. The van der Waals surface area contributed by atoms with Crippen LogP contribution < -0.4 is 18.6 Å². The smallest absolute Gasteiger partial charge is 0.111 e. The zero-order chi connectivity index (χ0) is 9.19. The summed E-state index contributed by atoms with van der Waals surface area (Å²) in [6, 6.07) is 11.2. The van der Waals surface area contributed by atoms with E-state index in [2.05, 4.69) is 58.4 Å². The summed E-state index contributed by atoms with van der Waals surface area (Å²) in [5, 5.41) is 0. The summed E-state index contributed by atoms with van der Waals surface area (Å²) >= 11 is 0. The molecule has 0 heterocycles. The first-order chi connectivity index (χ1) is 5.52. The standard InChI is InChI=1S/C11H18N.ClH.H3N/c1-10(12(2,3)4)11-8-6-5-7-9-11;;/h5-10H,1-4H3;1H;1H3/q+1;;/p-1. The molecule has 1 rings (SSSR count). The Kier molecular flexibility index (Phi) is 6.82. The first-order valence-corrected chi connectivity index (χ1v) is 4.38. The van der Waals surface area contributed by atoms with Gasteiger partial charge in [0.05, 0.1) is 21.1 Å². The van der Waals surface area contributed by atoms with Crippen LogP contribution in [0, 0.1) is 0 Å². The van der Waals surface area contributed by atoms with E-state index >= 15 is 0 Å². The van der Waals surface area contributed by atoms with Crippen molar-refractivity contribution in [1.82, 2.24) is 6.15 Å². The average molecular weight is 217 g/mol. The molecule has 2 nitrogen and oxygen atoms in total. The zero-order valence-electron chi connectivity index (χ0n) is 9.50. The molecule has 3 N–H and O–H groups in total. The maximum absolute atomic E-state index is 2.26. The fraction of sp³-hybridized carbons (Fsp3) is 0.455. The van der Waals surface area contributed by atoms with Crippen molar-refractivity contribution < 1.29 is 16.9 Å². The highest BCUT2D eigenvalue weighted by Crippen LogP contribution is 2.21. The van der Waals surface area contributed by atoms with Gasteiger partial charge >= 0.3 is 0 Å². The van der Waals surface area contributed by atoms with Crippen molar-refractivity contribution in [1.29, 1.82) is 0 Å². The topological polar surface area (TPSA) is 35.0 Å². The van der Waals surface area contributed by atoms with Gasteiger partial charge in [0.25, 0.3) is 0 Å². The molecule has 82 valence electrons. The average Bonchev–Trinajstić information content (AvgIpc) is 2.03. The van der Waals surface area contributed by atoms with E-state index in [1.54, 1.807) is 0 Å². The van der Waals surface area contributed by atoms with Gasteiger partial charge in [0, 0.05) is 5.56 Å². The van der Waals surface area contributed by atoms with Gasteiger partial charge in [0.2, 0.25) is 0 Å². The van der Waals surface area contributed by atoms with E-state index in [9.17, 15) is 0 Å². The van der Waals surface area contributed by atoms with E-state index in [4.69, 9.17) is 0 Å². The highest BCUT2D eigenvalue weighted by atomic mass is 35.5. The van der Waals surface area contributed by atoms with Gasteiger partial charge in [-0.3, -0.25) is 0 Å². The van der Waals surface area contributed by atoms with Crippen LogP contribution in [0.1, 0.15) is 18.5 Å². The molecule has 1 aromatic carbocycles. The number of hydrogen-bond donors (Lipinski definition) is 1. The third kappa shape index (κ3) is 4.09. The molecule has 0 amide bonds.